The number of hydrogen-bond acceptors (Lipinski definition) is 7. The normalized spacial score (nSPS) is 22.8. The number of aromatic nitrogens is 3. The number of piperidine rings is 1. The van der Waals surface area contributed by atoms with Gasteiger partial charge >= 0.3 is 5.97 Å². The molecule has 0 spiro atoms. The highest BCUT2D eigenvalue weighted by molar-refractivity contribution is 6.30. The second kappa shape index (κ2) is 12.5. The van der Waals surface area contributed by atoms with Crippen molar-refractivity contribution in [1.82, 2.24) is 19.4 Å². The Morgan fingerprint density at radius 2 is 2.02 bits per heavy atom. The van der Waals surface area contributed by atoms with E-state index in [2.05, 4.69) is 9.47 Å². The van der Waals surface area contributed by atoms with E-state index in [0.717, 1.165) is 75.7 Å². The van der Waals surface area contributed by atoms with Crippen molar-refractivity contribution in [3.05, 3.63) is 76.2 Å². The first-order chi connectivity index (χ1) is 20.0. The predicted molar refractivity (Wildman–Crippen MR) is 151 cm³/mol. The summed E-state index contributed by atoms with van der Waals surface area (Å²) in [4.78, 5) is 24.3. The zero-order valence-corrected chi connectivity index (χ0v) is 24.1. The van der Waals surface area contributed by atoms with Crippen LogP contribution < -0.4 is 4.74 Å². The third-order valence-electron chi connectivity index (χ3n) is 8.41. The number of ether oxygens (including phenoxy) is 3. The van der Waals surface area contributed by atoms with E-state index in [1.807, 2.05) is 31.3 Å². The van der Waals surface area contributed by atoms with Crippen LogP contribution in [-0.4, -0.2) is 57.8 Å². The average Bonchev–Trinajstić information content (AvgIpc) is 3.65. The van der Waals surface area contributed by atoms with Gasteiger partial charge in [-0.1, -0.05) is 23.7 Å². The van der Waals surface area contributed by atoms with E-state index in [4.69, 9.17) is 35.8 Å². The Morgan fingerprint density at radius 1 is 1.20 bits per heavy atom. The van der Waals surface area contributed by atoms with Crippen molar-refractivity contribution < 1.29 is 23.4 Å². The van der Waals surface area contributed by atoms with Gasteiger partial charge in [-0.05, 0) is 63.9 Å². The Hall–Kier alpha value is -3.01. The van der Waals surface area contributed by atoms with Gasteiger partial charge in [0, 0.05) is 52.7 Å². The molecule has 0 N–H and O–H groups in total. The predicted octanol–water partition coefficient (Wildman–Crippen LogP) is 5.48. The second-order valence-corrected chi connectivity index (χ2v) is 11.6. The standard InChI is InChI=1S/C31H36ClFN4O4/c1-2-39-31(38)25-15-24(25)28-16-34-29(37(28)17-23-10-13-40-23)18-36-11-8-20(9-12-36)27-4-3-5-30(35-27)41-19-21-6-7-22(32)14-26(21)33/h3-7,14,16,20,23-25H,2,8-13,15,17-19H2,1H3/t23-,24?,25?/m0/s1. The molecular formula is C31H36ClFN4O4. The van der Waals surface area contributed by atoms with Gasteiger partial charge in [-0.15, -0.1) is 0 Å². The van der Waals surface area contributed by atoms with Crippen LogP contribution >= 0.6 is 11.6 Å². The molecule has 0 amide bonds. The molecule has 1 aliphatic carbocycles. The molecule has 3 aliphatic rings. The van der Waals surface area contributed by atoms with E-state index in [0.29, 0.717) is 29.0 Å². The molecule has 41 heavy (non-hydrogen) atoms. The summed E-state index contributed by atoms with van der Waals surface area (Å²) in [5.74, 6) is 1.49. The number of hydrogen-bond donors (Lipinski definition) is 0. The van der Waals surface area contributed by atoms with Crippen molar-refractivity contribution in [3.63, 3.8) is 0 Å². The van der Waals surface area contributed by atoms with Crippen LogP contribution in [0.1, 0.15) is 67.2 Å². The fraction of sp³-hybridized carbons (Fsp3) is 0.516. The Kier molecular flexibility index (Phi) is 8.55. The van der Waals surface area contributed by atoms with Crippen LogP contribution in [0.15, 0.2) is 42.6 Å². The maximum atomic E-state index is 14.1. The fourth-order valence-electron chi connectivity index (χ4n) is 5.84. The molecule has 3 aromatic rings. The first-order valence-electron chi connectivity index (χ1n) is 14.6. The summed E-state index contributed by atoms with van der Waals surface area (Å²) in [5.41, 5.74) is 2.57. The van der Waals surface area contributed by atoms with Gasteiger partial charge in [0.2, 0.25) is 5.88 Å². The Labute approximate surface area is 244 Å². The lowest BCUT2D eigenvalue weighted by atomic mass is 9.93. The van der Waals surface area contributed by atoms with E-state index in [9.17, 15) is 9.18 Å². The summed E-state index contributed by atoms with van der Waals surface area (Å²) in [6.07, 6.45) is 6.01. The zero-order chi connectivity index (χ0) is 28.3. The molecule has 10 heteroatoms. The van der Waals surface area contributed by atoms with Gasteiger partial charge in [0.05, 0.1) is 31.7 Å². The van der Waals surface area contributed by atoms with E-state index in [1.165, 1.54) is 6.07 Å². The van der Waals surface area contributed by atoms with E-state index < -0.39 is 0 Å². The molecule has 1 aromatic carbocycles. The van der Waals surface area contributed by atoms with Gasteiger partial charge in [0.1, 0.15) is 18.2 Å². The molecule has 2 aromatic heterocycles. The lowest BCUT2D eigenvalue weighted by Gasteiger charge is -2.32. The number of benzene rings is 1. The van der Waals surface area contributed by atoms with Crippen LogP contribution in [0.25, 0.3) is 0 Å². The van der Waals surface area contributed by atoms with E-state index in [-0.39, 0.29) is 36.3 Å². The summed E-state index contributed by atoms with van der Waals surface area (Å²) < 4.78 is 33.2. The lowest BCUT2D eigenvalue weighted by molar-refractivity contribution is -0.144. The molecule has 1 saturated carbocycles. The van der Waals surface area contributed by atoms with Gasteiger partial charge in [-0.25, -0.2) is 14.4 Å². The minimum atomic E-state index is -0.384. The van der Waals surface area contributed by atoms with Crippen molar-refractivity contribution in [2.45, 2.75) is 70.2 Å². The number of halogens is 2. The third-order valence-corrected chi connectivity index (χ3v) is 8.65. The van der Waals surface area contributed by atoms with Gasteiger partial charge in [0.15, 0.2) is 0 Å². The number of rotatable bonds is 11. The van der Waals surface area contributed by atoms with Crippen LogP contribution in [0, 0.1) is 11.7 Å². The van der Waals surface area contributed by atoms with Crippen molar-refractivity contribution in [1.29, 1.82) is 0 Å². The van der Waals surface area contributed by atoms with Gasteiger partial charge < -0.3 is 18.8 Å². The molecule has 218 valence electrons. The maximum Gasteiger partial charge on any atom is 0.309 e. The van der Waals surface area contributed by atoms with Crippen molar-refractivity contribution in [2.24, 2.45) is 5.92 Å². The van der Waals surface area contributed by atoms with Crippen molar-refractivity contribution >= 4 is 17.6 Å². The maximum absolute atomic E-state index is 14.1. The molecule has 6 rings (SSSR count). The zero-order valence-electron chi connectivity index (χ0n) is 23.3. The van der Waals surface area contributed by atoms with E-state index >= 15 is 0 Å². The monoisotopic (exact) mass is 582 g/mol. The highest BCUT2D eigenvalue weighted by Gasteiger charge is 2.47. The molecule has 8 nitrogen and oxygen atoms in total. The molecule has 2 aliphatic heterocycles. The number of nitrogens with zero attached hydrogens (tertiary/aromatic N) is 4. The lowest BCUT2D eigenvalue weighted by Crippen LogP contribution is -2.35. The Bertz CT molecular complexity index is 1370. The van der Waals surface area contributed by atoms with Crippen LogP contribution in [0.2, 0.25) is 5.02 Å². The summed E-state index contributed by atoms with van der Waals surface area (Å²) in [5, 5.41) is 0.361. The van der Waals surface area contributed by atoms with E-state index in [1.54, 1.807) is 12.1 Å². The van der Waals surface area contributed by atoms with Gasteiger partial charge in [-0.3, -0.25) is 9.69 Å². The molecule has 3 fully saturated rings. The smallest absolute Gasteiger partial charge is 0.309 e. The number of carbonyl (C=O) groups is 1. The number of esters is 1. The SMILES string of the molecule is CCOC(=O)C1CC1c1cnc(CN2CCC(c3cccc(OCc4ccc(Cl)cc4F)n3)CC2)n1C[C@@H]1CCO1. The van der Waals surface area contributed by atoms with Crippen LogP contribution in [0.4, 0.5) is 4.39 Å². The fourth-order valence-corrected chi connectivity index (χ4v) is 6.00. The number of likely N-dealkylation sites (tertiary alicyclic amines) is 1. The van der Waals surface area contributed by atoms with Gasteiger partial charge in [-0.2, -0.15) is 0 Å². The molecule has 3 atom stereocenters. The van der Waals surface area contributed by atoms with Crippen molar-refractivity contribution in [2.75, 3.05) is 26.3 Å². The van der Waals surface area contributed by atoms with Crippen LogP contribution in [0.3, 0.4) is 0 Å². The van der Waals surface area contributed by atoms with Crippen LogP contribution in [0.5, 0.6) is 5.88 Å². The summed E-state index contributed by atoms with van der Waals surface area (Å²) >= 11 is 5.85. The topological polar surface area (TPSA) is 78.7 Å². The minimum absolute atomic E-state index is 0.0613. The average molecular weight is 583 g/mol. The molecule has 2 unspecified atom stereocenters. The summed E-state index contributed by atoms with van der Waals surface area (Å²) in [6.45, 7) is 6.58. The molecule has 0 radical (unpaired) electrons. The Morgan fingerprint density at radius 3 is 2.76 bits per heavy atom. The second-order valence-electron chi connectivity index (χ2n) is 11.2. The number of carbonyl (C=O) groups excluding carboxylic acids is 1. The van der Waals surface area contributed by atoms with Gasteiger partial charge in [0.25, 0.3) is 0 Å². The number of pyridine rings is 1. The highest BCUT2D eigenvalue weighted by Crippen LogP contribution is 2.48. The first-order valence-corrected chi connectivity index (χ1v) is 14.9. The first kappa shape index (κ1) is 28.1. The summed E-state index contributed by atoms with van der Waals surface area (Å²) in [7, 11) is 0. The molecule has 4 heterocycles. The largest absolute Gasteiger partial charge is 0.473 e. The number of imidazole rings is 1. The molecule has 0 bridgehead atoms. The Balaban J connectivity index is 1.06. The molecule has 2 saturated heterocycles. The third kappa shape index (κ3) is 6.58. The van der Waals surface area contributed by atoms with Crippen LogP contribution in [-0.2, 0) is 34.0 Å². The minimum Gasteiger partial charge on any atom is -0.473 e. The highest BCUT2D eigenvalue weighted by atomic mass is 35.5. The summed E-state index contributed by atoms with van der Waals surface area (Å²) in [6, 6.07) is 10.4. The molecular weight excluding hydrogens is 547 g/mol. The van der Waals surface area contributed by atoms with Crippen molar-refractivity contribution in [3.8, 4) is 5.88 Å². The quantitative estimate of drug-likeness (QED) is 0.277.